The van der Waals surface area contributed by atoms with Gasteiger partial charge >= 0.3 is 6.01 Å². The number of hydrogen-bond acceptors (Lipinski definition) is 9. The summed E-state index contributed by atoms with van der Waals surface area (Å²) in [6.45, 7) is 3.76. The lowest BCUT2D eigenvalue weighted by Crippen LogP contribution is -2.07. The number of anilines is 1. The van der Waals surface area contributed by atoms with E-state index in [-0.39, 0.29) is 6.01 Å². The predicted octanol–water partition coefficient (Wildman–Crippen LogP) is 3.49. The average Bonchev–Trinajstić information content (AvgIpc) is 3.30. The van der Waals surface area contributed by atoms with Crippen LogP contribution in [0.15, 0.2) is 22.6 Å². The third kappa shape index (κ3) is 4.54. The summed E-state index contributed by atoms with van der Waals surface area (Å²) < 4.78 is 21.4. The Hall–Kier alpha value is -3.40. The van der Waals surface area contributed by atoms with Crippen molar-refractivity contribution < 1.29 is 23.4 Å². The van der Waals surface area contributed by atoms with Crippen LogP contribution in [-0.2, 0) is 4.79 Å². The Labute approximate surface area is 171 Å². The highest BCUT2D eigenvalue weighted by atomic mass is 32.1. The highest BCUT2D eigenvalue weighted by Gasteiger charge is 2.16. The molecule has 0 bridgehead atoms. The predicted molar refractivity (Wildman–Crippen MR) is 109 cm³/mol. The molecule has 9 nitrogen and oxygen atoms in total. The number of benzene rings is 1. The van der Waals surface area contributed by atoms with Crippen LogP contribution in [0.2, 0.25) is 0 Å². The number of amides is 1. The zero-order valence-corrected chi connectivity index (χ0v) is 17.4. The first kappa shape index (κ1) is 20.3. The molecule has 0 radical (unpaired) electrons. The maximum atomic E-state index is 12.2. The van der Waals surface area contributed by atoms with Crippen molar-refractivity contribution in [3.05, 3.63) is 34.5 Å². The lowest BCUT2D eigenvalue weighted by molar-refractivity contribution is -0.112. The average molecular weight is 416 g/mol. The van der Waals surface area contributed by atoms with Gasteiger partial charge in [0.2, 0.25) is 5.75 Å². The second-order valence-corrected chi connectivity index (χ2v) is 7.04. The molecular formula is C19H20N4O5S. The van der Waals surface area contributed by atoms with Gasteiger partial charge in [-0.1, -0.05) is 5.10 Å². The number of aromatic nitrogens is 3. The summed E-state index contributed by atoms with van der Waals surface area (Å²) in [6.07, 6.45) is 2.94. The standard InChI is InChI=1S/C19H20N4O5S/c1-10-17(29-11(2)20-10)18-22-23-19(28-18)21-15(24)7-6-12-8-13(25-3)16(27-5)14(9-12)26-4/h6-9H,1-5H3,(H,21,23,24). The van der Waals surface area contributed by atoms with Gasteiger partial charge in [-0.2, -0.15) is 0 Å². The molecule has 0 spiro atoms. The van der Waals surface area contributed by atoms with Gasteiger partial charge in [0.1, 0.15) is 4.88 Å². The summed E-state index contributed by atoms with van der Waals surface area (Å²) in [4.78, 5) is 17.3. The minimum Gasteiger partial charge on any atom is -0.493 e. The van der Waals surface area contributed by atoms with Crippen LogP contribution in [0, 0.1) is 13.8 Å². The van der Waals surface area contributed by atoms with Crippen molar-refractivity contribution in [3.63, 3.8) is 0 Å². The van der Waals surface area contributed by atoms with E-state index in [9.17, 15) is 4.79 Å². The van der Waals surface area contributed by atoms with E-state index in [4.69, 9.17) is 18.6 Å². The molecule has 0 saturated carbocycles. The van der Waals surface area contributed by atoms with Gasteiger partial charge in [0.25, 0.3) is 11.8 Å². The number of hydrogen-bond donors (Lipinski definition) is 1. The molecule has 10 heteroatoms. The van der Waals surface area contributed by atoms with E-state index >= 15 is 0 Å². The third-order valence-electron chi connectivity index (χ3n) is 3.87. The zero-order valence-electron chi connectivity index (χ0n) is 16.6. The molecule has 0 saturated heterocycles. The van der Waals surface area contributed by atoms with Crippen LogP contribution < -0.4 is 19.5 Å². The first-order valence-electron chi connectivity index (χ1n) is 8.52. The van der Waals surface area contributed by atoms with Gasteiger partial charge in [0, 0.05) is 6.08 Å². The van der Waals surface area contributed by atoms with E-state index in [1.54, 1.807) is 18.2 Å². The smallest absolute Gasteiger partial charge is 0.322 e. The number of nitrogens with one attached hydrogen (secondary N) is 1. The van der Waals surface area contributed by atoms with E-state index in [0.29, 0.717) is 28.7 Å². The molecule has 3 rings (SSSR count). The molecule has 0 aliphatic carbocycles. The van der Waals surface area contributed by atoms with Crippen LogP contribution in [-0.4, -0.2) is 42.4 Å². The Morgan fingerprint density at radius 3 is 2.34 bits per heavy atom. The fourth-order valence-electron chi connectivity index (χ4n) is 2.61. The van der Waals surface area contributed by atoms with Crippen LogP contribution >= 0.6 is 11.3 Å². The number of methoxy groups -OCH3 is 3. The second kappa shape index (κ2) is 8.74. The summed E-state index contributed by atoms with van der Waals surface area (Å²) in [5.41, 5.74) is 1.49. The highest BCUT2D eigenvalue weighted by molar-refractivity contribution is 7.15. The highest BCUT2D eigenvalue weighted by Crippen LogP contribution is 2.38. The van der Waals surface area contributed by atoms with Crippen LogP contribution in [0.5, 0.6) is 17.2 Å². The summed E-state index contributed by atoms with van der Waals surface area (Å²) in [6, 6.07) is 3.46. The lowest BCUT2D eigenvalue weighted by atomic mass is 10.1. The van der Waals surface area contributed by atoms with Crippen LogP contribution in [0.3, 0.4) is 0 Å². The van der Waals surface area contributed by atoms with Crippen molar-refractivity contribution in [1.29, 1.82) is 0 Å². The Balaban J connectivity index is 1.73. The normalized spacial score (nSPS) is 10.9. The molecule has 2 aromatic heterocycles. The van der Waals surface area contributed by atoms with Gasteiger partial charge in [-0.25, -0.2) is 4.98 Å². The van der Waals surface area contributed by atoms with Gasteiger partial charge in [0.05, 0.1) is 32.0 Å². The van der Waals surface area contributed by atoms with Gasteiger partial charge in [-0.05, 0) is 37.6 Å². The van der Waals surface area contributed by atoms with E-state index in [1.807, 2.05) is 13.8 Å². The molecule has 0 fully saturated rings. The zero-order chi connectivity index (χ0) is 21.0. The monoisotopic (exact) mass is 416 g/mol. The Morgan fingerprint density at radius 2 is 1.79 bits per heavy atom. The maximum Gasteiger partial charge on any atom is 0.322 e. The molecule has 29 heavy (non-hydrogen) atoms. The molecule has 0 aliphatic rings. The minimum atomic E-state index is -0.425. The van der Waals surface area contributed by atoms with E-state index < -0.39 is 5.91 Å². The van der Waals surface area contributed by atoms with Crippen LogP contribution in [0.4, 0.5) is 6.01 Å². The lowest BCUT2D eigenvalue weighted by Gasteiger charge is -2.12. The largest absolute Gasteiger partial charge is 0.493 e. The summed E-state index contributed by atoms with van der Waals surface area (Å²) in [5, 5.41) is 11.3. The number of rotatable bonds is 7. The van der Waals surface area contributed by atoms with Crippen LogP contribution in [0.25, 0.3) is 16.8 Å². The van der Waals surface area contributed by atoms with E-state index in [1.165, 1.54) is 38.7 Å². The van der Waals surface area contributed by atoms with Gasteiger partial charge in [0.15, 0.2) is 11.5 Å². The fraction of sp³-hybridized carbons (Fsp3) is 0.263. The molecule has 1 aromatic carbocycles. The molecule has 0 unspecified atom stereocenters. The number of nitrogens with zero attached hydrogens (tertiary/aromatic N) is 3. The van der Waals surface area contributed by atoms with Gasteiger partial charge in [-0.3, -0.25) is 10.1 Å². The SMILES string of the molecule is COc1cc(C=CC(=O)Nc2nnc(-c3sc(C)nc3C)o2)cc(OC)c1OC. The second-order valence-electron chi connectivity index (χ2n) is 5.84. The van der Waals surface area contributed by atoms with Gasteiger partial charge in [-0.15, -0.1) is 16.4 Å². The number of aryl methyl sites for hydroxylation is 2. The van der Waals surface area contributed by atoms with Crippen LogP contribution in [0.1, 0.15) is 16.3 Å². The summed E-state index contributed by atoms with van der Waals surface area (Å²) in [5.74, 6) is 1.35. The Kier molecular flexibility index (Phi) is 6.13. The van der Waals surface area contributed by atoms with E-state index in [2.05, 4.69) is 20.5 Å². The molecule has 2 heterocycles. The topological polar surface area (TPSA) is 109 Å². The molecule has 0 atom stereocenters. The first-order valence-corrected chi connectivity index (χ1v) is 9.33. The molecular weight excluding hydrogens is 396 g/mol. The minimum absolute atomic E-state index is 0.00463. The third-order valence-corrected chi connectivity index (χ3v) is 4.93. The van der Waals surface area contributed by atoms with Crippen molar-refractivity contribution in [2.24, 2.45) is 0 Å². The van der Waals surface area contributed by atoms with Crippen molar-refractivity contribution in [2.45, 2.75) is 13.8 Å². The summed E-state index contributed by atoms with van der Waals surface area (Å²) >= 11 is 1.45. The Bertz CT molecular complexity index is 1030. The number of carbonyl (C=O) groups is 1. The van der Waals surface area contributed by atoms with Crippen molar-refractivity contribution in [3.8, 4) is 28.0 Å². The fourth-order valence-corrected chi connectivity index (χ4v) is 3.45. The van der Waals surface area contributed by atoms with Crippen molar-refractivity contribution >= 4 is 29.3 Å². The molecule has 1 N–H and O–H groups in total. The Morgan fingerprint density at radius 1 is 1.10 bits per heavy atom. The first-order chi connectivity index (χ1) is 13.9. The summed E-state index contributed by atoms with van der Waals surface area (Å²) in [7, 11) is 4.57. The number of ether oxygens (including phenoxy) is 3. The molecule has 1 amide bonds. The molecule has 0 aliphatic heterocycles. The molecule has 3 aromatic rings. The maximum absolute atomic E-state index is 12.2. The number of carbonyl (C=O) groups excluding carboxylic acids is 1. The van der Waals surface area contributed by atoms with Crippen molar-refractivity contribution in [2.75, 3.05) is 26.6 Å². The quantitative estimate of drug-likeness (QED) is 0.583. The van der Waals surface area contributed by atoms with E-state index in [0.717, 1.165) is 15.6 Å². The van der Waals surface area contributed by atoms with Crippen molar-refractivity contribution in [1.82, 2.24) is 15.2 Å². The molecule has 152 valence electrons. The number of thiazole rings is 1. The van der Waals surface area contributed by atoms with Gasteiger partial charge < -0.3 is 18.6 Å².